The maximum atomic E-state index is 11.8. The van der Waals surface area contributed by atoms with Crippen LogP contribution in [0.1, 0.15) is 17.5 Å². The minimum Gasteiger partial charge on any atom is -0.379 e. The molecule has 1 heterocycles. The Kier molecular flexibility index (Phi) is 4.30. The molecule has 2 N–H and O–H groups in total. The van der Waals surface area contributed by atoms with E-state index in [0.717, 1.165) is 12.2 Å². The van der Waals surface area contributed by atoms with E-state index in [-0.39, 0.29) is 5.91 Å². The third kappa shape index (κ3) is 3.27. The number of hydrogen-bond acceptors (Lipinski definition) is 3. The van der Waals surface area contributed by atoms with Crippen LogP contribution >= 0.6 is 11.8 Å². The summed E-state index contributed by atoms with van der Waals surface area (Å²) >= 11 is 1.63. The van der Waals surface area contributed by atoms with Gasteiger partial charge < -0.3 is 10.4 Å². The van der Waals surface area contributed by atoms with E-state index in [4.69, 9.17) is 0 Å². The molecule has 1 unspecified atom stereocenters. The van der Waals surface area contributed by atoms with Crippen molar-refractivity contribution in [3.8, 4) is 0 Å². The second-order valence-corrected chi connectivity index (χ2v) is 5.93. The van der Waals surface area contributed by atoms with Gasteiger partial charge in [-0.3, -0.25) is 4.79 Å². The molecule has 2 rings (SSSR count). The van der Waals surface area contributed by atoms with Crippen LogP contribution in [-0.4, -0.2) is 34.7 Å². The number of rotatable bonds is 4. The maximum Gasteiger partial charge on any atom is 0.252 e. The van der Waals surface area contributed by atoms with Crippen molar-refractivity contribution < 1.29 is 9.90 Å². The molecule has 1 aromatic carbocycles. The molecule has 4 heteroatoms. The summed E-state index contributed by atoms with van der Waals surface area (Å²) in [4.78, 5) is 11.8. The van der Waals surface area contributed by atoms with E-state index >= 15 is 0 Å². The lowest BCUT2D eigenvalue weighted by Crippen LogP contribution is -2.47. The first-order chi connectivity index (χ1) is 8.60. The topological polar surface area (TPSA) is 49.3 Å². The zero-order valence-electron chi connectivity index (χ0n) is 10.6. The van der Waals surface area contributed by atoms with Crippen molar-refractivity contribution >= 4 is 17.7 Å². The van der Waals surface area contributed by atoms with Crippen molar-refractivity contribution in [1.29, 1.82) is 0 Å². The van der Waals surface area contributed by atoms with Crippen LogP contribution in [0.4, 0.5) is 0 Å². The Labute approximate surface area is 112 Å². The molecule has 1 aliphatic heterocycles. The van der Waals surface area contributed by atoms with Gasteiger partial charge in [0, 0.05) is 12.3 Å². The minimum absolute atomic E-state index is 0.223. The molecule has 98 valence electrons. The minimum atomic E-state index is -1.14. The predicted molar refractivity (Wildman–Crippen MR) is 74.8 cm³/mol. The molecule has 0 aromatic heterocycles. The number of carbonyl (C=O) groups is 1. The van der Waals surface area contributed by atoms with Gasteiger partial charge in [0.2, 0.25) is 0 Å². The number of carbonyl (C=O) groups excluding carboxylic acids is 1. The molecular formula is C14H19NO2S. The SMILES string of the molecule is Cc1ccc(CCNC(=O)C2(O)CCSC2)cc1. The van der Waals surface area contributed by atoms with Gasteiger partial charge in [0.15, 0.2) is 5.60 Å². The normalized spacial score (nSPS) is 23.0. The summed E-state index contributed by atoms with van der Waals surface area (Å²) in [6.45, 7) is 2.63. The number of amides is 1. The first kappa shape index (κ1) is 13.4. The summed E-state index contributed by atoms with van der Waals surface area (Å²) < 4.78 is 0. The lowest BCUT2D eigenvalue weighted by molar-refractivity contribution is -0.137. The van der Waals surface area contributed by atoms with Gasteiger partial charge in [-0.05, 0) is 31.1 Å². The molecule has 3 nitrogen and oxygen atoms in total. The average Bonchev–Trinajstić information content (AvgIpc) is 2.80. The molecule has 1 aliphatic rings. The van der Waals surface area contributed by atoms with Crippen LogP contribution in [0.25, 0.3) is 0 Å². The largest absolute Gasteiger partial charge is 0.379 e. The van der Waals surface area contributed by atoms with E-state index < -0.39 is 5.60 Å². The van der Waals surface area contributed by atoms with Crippen LogP contribution in [0, 0.1) is 6.92 Å². The zero-order valence-corrected chi connectivity index (χ0v) is 11.4. The third-order valence-electron chi connectivity index (χ3n) is 3.24. The highest BCUT2D eigenvalue weighted by atomic mass is 32.2. The lowest BCUT2D eigenvalue weighted by atomic mass is 10.0. The smallest absolute Gasteiger partial charge is 0.252 e. The molecular weight excluding hydrogens is 246 g/mol. The third-order valence-corrected chi connectivity index (χ3v) is 4.42. The van der Waals surface area contributed by atoms with Crippen LogP contribution in [-0.2, 0) is 11.2 Å². The molecule has 1 fully saturated rings. The number of nitrogens with one attached hydrogen (secondary N) is 1. The summed E-state index contributed by atoms with van der Waals surface area (Å²) in [5.74, 6) is 1.16. The fourth-order valence-corrected chi connectivity index (χ4v) is 3.21. The van der Waals surface area contributed by atoms with Crippen LogP contribution in [0.15, 0.2) is 24.3 Å². The van der Waals surface area contributed by atoms with Gasteiger partial charge >= 0.3 is 0 Å². The van der Waals surface area contributed by atoms with Crippen LogP contribution in [0.3, 0.4) is 0 Å². The summed E-state index contributed by atoms with van der Waals surface area (Å²) in [5.41, 5.74) is 1.30. The van der Waals surface area contributed by atoms with Crippen molar-refractivity contribution in [3.63, 3.8) is 0 Å². The summed E-state index contributed by atoms with van der Waals surface area (Å²) in [6, 6.07) is 8.28. The fourth-order valence-electron chi connectivity index (χ4n) is 1.97. The molecule has 0 saturated carbocycles. The molecule has 0 aliphatic carbocycles. The Balaban J connectivity index is 1.78. The maximum absolute atomic E-state index is 11.8. The summed E-state index contributed by atoms with van der Waals surface area (Å²) in [7, 11) is 0. The summed E-state index contributed by atoms with van der Waals surface area (Å²) in [6.07, 6.45) is 1.36. The number of hydrogen-bond donors (Lipinski definition) is 2. The first-order valence-electron chi connectivity index (χ1n) is 6.24. The highest BCUT2D eigenvalue weighted by Gasteiger charge is 2.39. The lowest BCUT2D eigenvalue weighted by Gasteiger charge is -2.20. The van der Waals surface area contributed by atoms with Gasteiger partial charge in [0.05, 0.1) is 0 Å². The highest BCUT2D eigenvalue weighted by molar-refractivity contribution is 7.99. The molecule has 1 aromatic rings. The zero-order chi connectivity index (χ0) is 13.0. The van der Waals surface area contributed by atoms with E-state index in [2.05, 4.69) is 36.5 Å². The van der Waals surface area contributed by atoms with E-state index in [1.165, 1.54) is 11.1 Å². The second-order valence-electron chi connectivity index (χ2n) is 4.83. The Morgan fingerprint density at radius 2 is 2.17 bits per heavy atom. The van der Waals surface area contributed by atoms with Crippen molar-refractivity contribution in [3.05, 3.63) is 35.4 Å². The molecule has 1 atom stereocenters. The molecule has 1 amide bonds. The number of aliphatic hydroxyl groups is 1. The van der Waals surface area contributed by atoms with E-state index in [1.807, 2.05) is 0 Å². The van der Waals surface area contributed by atoms with Gasteiger partial charge in [-0.25, -0.2) is 0 Å². The molecule has 1 saturated heterocycles. The summed E-state index contributed by atoms with van der Waals surface area (Å²) in [5, 5.41) is 12.9. The molecule has 0 spiro atoms. The number of benzene rings is 1. The van der Waals surface area contributed by atoms with E-state index in [1.54, 1.807) is 11.8 Å². The Morgan fingerprint density at radius 3 is 2.78 bits per heavy atom. The van der Waals surface area contributed by atoms with E-state index in [0.29, 0.717) is 18.7 Å². The van der Waals surface area contributed by atoms with Crippen LogP contribution in [0.5, 0.6) is 0 Å². The molecule has 0 radical (unpaired) electrons. The Bertz CT molecular complexity index is 410. The first-order valence-corrected chi connectivity index (χ1v) is 7.40. The van der Waals surface area contributed by atoms with E-state index in [9.17, 15) is 9.90 Å². The Morgan fingerprint density at radius 1 is 1.44 bits per heavy atom. The van der Waals surface area contributed by atoms with Crippen LogP contribution in [0.2, 0.25) is 0 Å². The second kappa shape index (κ2) is 5.76. The van der Waals surface area contributed by atoms with Crippen molar-refractivity contribution in [2.45, 2.75) is 25.4 Å². The number of thioether (sulfide) groups is 1. The van der Waals surface area contributed by atoms with Gasteiger partial charge in [-0.2, -0.15) is 11.8 Å². The van der Waals surface area contributed by atoms with Crippen molar-refractivity contribution in [2.24, 2.45) is 0 Å². The quantitative estimate of drug-likeness (QED) is 0.868. The Hall–Kier alpha value is -1.00. The van der Waals surface area contributed by atoms with Crippen LogP contribution < -0.4 is 5.32 Å². The molecule has 0 bridgehead atoms. The van der Waals surface area contributed by atoms with Gasteiger partial charge in [0.25, 0.3) is 5.91 Å². The average molecular weight is 265 g/mol. The monoisotopic (exact) mass is 265 g/mol. The predicted octanol–water partition coefficient (Wildman–Crippen LogP) is 1.52. The van der Waals surface area contributed by atoms with Crippen molar-refractivity contribution in [2.75, 3.05) is 18.1 Å². The van der Waals surface area contributed by atoms with Crippen molar-refractivity contribution in [1.82, 2.24) is 5.32 Å². The molecule has 18 heavy (non-hydrogen) atoms. The van der Waals surface area contributed by atoms with Gasteiger partial charge in [-0.1, -0.05) is 29.8 Å². The standard InChI is InChI=1S/C14H19NO2S/c1-11-2-4-12(5-3-11)6-8-15-13(16)14(17)7-9-18-10-14/h2-5,17H,6-10H2,1H3,(H,15,16). The fraction of sp³-hybridized carbons (Fsp3) is 0.500. The highest BCUT2D eigenvalue weighted by Crippen LogP contribution is 2.27. The van der Waals surface area contributed by atoms with Gasteiger partial charge in [-0.15, -0.1) is 0 Å². The number of aryl methyl sites for hydroxylation is 1. The van der Waals surface area contributed by atoms with Gasteiger partial charge in [0.1, 0.15) is 0 Å².